The first-order chi connectivity index (χ1) is 13.9. The lowest BCUT2D eigenvalue weighted by Crippen LogP contribution is -2.36. The lowest BCUT2D eigenvalue weighted by atomic mass is 10.1. The molecular formula is C21H23N3O4S. The van der Waals surface area contributed by atoms with Gasteiger partial charge in [0.2, 0.25) is 0 Å². The third-order valence-corrected chi connectivity index (χ3v) is 5.43. The van der Waals surface area contributed by atoms with Crippen LogP contribution >= 0.6 is 11.3 Å². The fourth-order valence-electron chi connectivity index (χ4n) is 2.80. The monoisotopic (exact) mass is 413 g/mol. The molecule has 0 atom stereocenters. The maximum absolute atomic E-state index is 13.3. The van der Waals surface area contributed by atoms with Crippen molar-refractivity contribution in [3.63, 3.8) is 0 Å². The summed E-state index contributed by atoms with van der Waals surface area (Å²) in [6.45, 7) is 1.16. The number of methoxy groups -OCH3 is 2. The Hall–Kier alpha value is -2.97. The second kappa shape index (κ2) is 9.02. The Morgan fingerprint density at radius 2 is 1.69 bits per heavy atom. The molecule has 0 spiro atoms. The minimum Gasteiger partial charge on any atom is -0.494 e. The molecule has 7 nitrogen and oxygen atoms in total. The van der Waals surface area contributed by atoms with Gasteiger partial charge in [-0.1, -0.05) is 17.4 Å². The van der Waals surface area contributed by atoms with Crippen LogP contribution in [0.4, 0.5) is 5.13 Å². The predicted octanol–water partition coefficient (Wildman–Crippen LogP) is 3.30. The molecule has 0 aliphatic rings. The highest BCUT2D eigenvalue weighted by atomic mass is 32.1. The maximum atomic E-state index is 13.3. The number of ether oxygens (including phenoxy) is 2. The Labute approximate surface area is 173 Å². The number of esters is 1. The highest BCUT2D eigenvalue weighted by molar-refractivity contribution is 7.22. The van der Waals surface area contributed by atoms with Crippen molar-refractivity contribution in [1.29, 1.82) is 0 Å². The number of thiazole rings is 1. The van der Waals surface area contributed by atoms with Crippen molar-refractivity contribution in [3.8, 4) is 5.75 Å². The van der Waals surface area contributed by atoms with Gasteiger partial charge in [0.25, 0.3) is 5.91 Å². The summed E-state index contributed by atoms with van der Waals surface area (Å²) >= 11 is 1.44. The number of carbonyl (C=O) groups excluding carboxylic acids is 2. The highest BCUT2D eigenvalue weighted by Crippen LogP contribution is 2.34. The van der Waals surface area contributed by atoms with Gasteiger partial charge >= 0.3 is 5.97 Å². The number of amides is 1. The van der Waals surface area contributed by atoms with Crippen molar-refractivity contribution in [1.82, 2.24) is 9.88 Å². The zero-order chi connectivity index (χ0) is 21.0. The molecule has 29 heavy (non-hydrogen) atoms. The fraction of sp³-hybridized carbons (Fsp3) is 0.286. The van der Waals surface area contributed by atoms with E-state index in [0.717, 1.165) is 10.2 Å². The number of fused-ring (bicyclic) bond motifs is 1. The number of carbonyl (C=O) groups is 2. The Bertz CT molecular complexity index is 1010. The number of nitrogens with zero attached hydrogens (tertiary/aromatic N) is 3. The topological polar surface area (TPSA) is 72.0 Å². The van der Waals surface area contributed by atoms with Gasteiger partial charge in [-0.2, -0.15) is 0 Å². The summed E-state index contributed by atoms with van der Waals surface area (Å²) < 4.78 is 11.1. The number of benzene rings is 2. The maximum Gasteiger partial charge on any atom is 0.337 e. The molecule has 0 saturated carbocycles. The molecular weight excluding hydrogens is 390 g/mol. The summed E-state index contributed by atoms with van der Waals surface area (Å²) in [7, 11) is 6.84. The molecule has 1 aromatic heterocycles. The number of hydrogen-bond acceptors (Lipinski definition) is 7. The summed E-state index contributed by atoms with van der Waals surface area (Å²) in [5.41, 5.74) is 1.61. The van der Waals surface area contributed by atoms with E-state index in [4.69, 9.17) is 9.47 Å². The van der Waals surface area contributed by atoms with Crippen molar-refractivity contribution in [2.75, 3.05) is 46.3 Å². The Morgan fingerprint density at radius 3 is 2.31 bits per heavy atom. The third kappa shape index (κ3) is 4.55. The van der Waals surface area contributed by atoms with Crippen molar-refractivity contribution in [2.24, 2.45) is 0 Å². The number of anilines is 1. The predicted molar refractivity (Wildman–Crippen MR) is 114 cm³/mol. The Balaban J connectivity index is 1.96. The number of hydrogen-bond donors (Lipinski definition) is 0. The first kappa shape index (κ1) is 20.8. The molecule has 2 aromatic carbocycles. The van der Waals surface area contributed by atoms with Crippen LogP contribution in [0.25, 0.3) is 10.2 Å². The first-order valence-electron chi connectivity index (χ1n) is 9.03. The Kier molecular flexibility index (Phi) is 6.46. The van der Waals surface area contributed by atoms with Crippen LogP contribution in [0.15, 0.2) is 42.5 Å². The van der Waals surface area contributed by atoms with Gasteiger partial charge in [-0.25, -0.2) is 9.78 Å². The highest BCUT2D eigenvalue weighted by Gasteiger charge is 2.22. The Morgan fingerprint density at radius 1 is 1.00 bits per heavy atom. The van der Waals surface area contributed by atoms with Crippen LogP contribution in [-0.4, -0.2) is 63.2 Å². The minimum absolute atomic E-state index is 0.179. The van der Waals surface area contributed by atoms with Gasteiger partial charge in [0.1, 0.15) is 11.3 Å². The number of aromatic nitrogens is 1. The van der Waals surface area contributed by atoms with Crippen molar-refractivity contribution in [2.45, 2.75) is 0 Å². The summed E-state index contributed by atoms with van der Waals surface area (Å²) in [6.07, 6.45) is 0. The smallest absolute Gasteiger partial charge is 0.337 e. The normalized spacial score (nSPS) is 10.9. The molecule has 0 N–H and O–H groups in total. The van der Waals surface area contributed by atoms with E-state index in [1.807, 2.05) is 37.2 Å². The van der Waals surface area contributed by atoms with E-state index in [9.17, 15) is 9.59 Å². The molecule has 0 fully saturated rings. The SMILES string of the molecule is COC(=O)c1ccc(C(=O)N(CCN(C)C)c2nc3c(OC)cccc3s2)cc1. The number of rotatable bonds is 7. The van der Waals surface area contributed by atoms with Gasteiger partial charge in [-0.3, -0.25) is 9.69 Å². The van der Waals surface area contributed by atoms with E-state index in [0.29, 0.717) is 35.1 Å². The van der Waals surface area contributed by atoms with Gasteiger partial charge in [-0.05, 0) is 50.5 Å². The van der Waals surface area contributed by atoms with Gasteiger partial charge in [0.15, 0.2) is 5.13 Å². The van der Waals surface area contributed by atoms with Gasteiger partial charge in [0, 0.05) is 18.7 Å². The molecule has 1 amide bonds. The minimum atomic E-state index is -0.438. The summed E-state index contributed by atoms with van der Waals surface area (Å²) in [4.78, 5) is 33.3. The second-order valence-corrected chi connectivity index (χ2v) is 7.64. The average molecular weight is 413 g/mol. The molecule has 0 aliphatic carbocycles. The standard InChI is InChI=1S/C21H23N3O4S/c1-23(2)12-13-24(19(25)14-8-10-15(11-9-14)20(26)28-4)21-22-18-16(27-3)6-5-7-17(18)29-21/h5-11H,12-13H2,1-4H3. The van der Waals surface area contributed by atoms with Crippen molar-refractivity contribution in [3.05, 3.63) is 53.6 Å². The molecule has 0 radical (unpaired) electrons. The van der Waals surface area contributed by atoms with Gasteiger partial charge in [-0.15, -0.1) is 0 Å². The molecule has 8 heteroatoms. The van der Waals surface area contributed by atoms with E-state index in [2.05, 4.69) is 4.98 Å². The lowest BCUT2D eigenvalue weighted by Gasteiger charge is -2.22. The van der Waals surface area contributed by atoms with Crippen LogP contribution in [0, 0.1) is 0 Å². The second-order valence-electron chi connectivity index (χ2n) is 6.63. The van der Waals surface area contributed by atoms with E-state index >= 15 is 0 Å². The first-order valence-corrected chi connectivity index (χ1v) is 9.84. The van der Waals surface area contributed by atoms with E-state index < -0.39 is 5.97 Å². The molecule has 3 aromatic rings. The molecule has 152 valence electrons. The van der Waals surface area contributed by atoms with E-state index in [1.165, 1.54) is 18.4 Å². The molecule has 0 aliphatic heterocycles. The average Bonchev–Trinajstić information content (AvgIpc) is 3.17. The van der Waals surface area contributed by atoms with Crippen LogP contribution < -0.4 is 9.64 Å². The van der Waals surface area contributed by atoms with Gasteiger partial charge < -0.3 is 14.4 Å². The molecule has 0 bridgehead atoms. The molecule has 3 rings (SSSR count). The number of para-hydroxylation sites is 1. The van der Waals surface area contributed by atoms with Gasteiger partial charge in [0.05, 0.1) is 24.5 Å². The van der Waals surface area contributed by atoms with Crippen LogP contribution in [0.1, 0.15) is 20.7 Å². The zero-order valence-corrected chi connectivity index (χ0v) is 17.7. The lowest BCUT2D eigenvalue weighted by molar-refractivity contribution is 0.0600. The van der Waals surface area contributed by atoms with Crippen molar-refractivity contribution < 1.29 is 19.1 Å². The largest absolute Gasteiger partial charge is 0.494 e. The molecule has 0 unspecified atom stereocenters. The molecule has 0 saturated heterocycles. The van der Waals surface area contributed by atoms with Crippen LogP contribution in [0.3, 0.4) is 0 Å². The summed E-state index contributed by atoms with van der Waals surface area (Å²) in [5, 5.41) is 0.605. The fourth-order valence-corrected chi connectivity index (χ4v) is 3.81. The number of likely N-dealkylation sites (N-methyl/N-ethyl adjacent to an activating group) is 1. The quantitative estimate of drug-likeness (QED) is 0.554. The molecule has 1 heterocycles. The van der Waals surface area contributed by atoms with E-state index in [-0.39, 0.29) is 5.91 Å². The summed E-state index contributed by atoms with van der Waals surface area (Å²) in [5.74, 6) is 0.0560. The van der Waals surface area contributed by atoms with E-state index in [1.54, 1.807) is 36.3 Å². The van der Waals surface area contributed by atoms with Crippen LogP contribution in [0.5, 0.6) is 5.75 Å². The van der Waals surface area contributed by atoms with Crippen LogP contribution in [-0.2, 0) is 4.74 Å². The summed E-state index contributed by atoms with van der Waals surface area (Å²) in [6, 6.07) is 12.1. The van der Waals surface area contributed by atoms with Crippen molar-refractivity contribution >= 4 is 38.6 Å². The zero-order valence-electron chi connectivity index (χ0n) is 16.8. The third-order valence-electron chi connectivity index (χ3n) is 4.39. The van der Waals surface area contributed by atoms with Crippen LogP contribution in [0.2, 0.25) is 0 Å².